The fourth-order valence-corrected chi connectivity index (χ4v) is 3.66. The van der Waals surface area contributed by atoms with E-state index in [4.69, 9.17) is 11.6 Å². The van der Waals surface area contributed by atoms with Crippen molar-refractivity contribution in [2.45, 2.75) is 31.3 Å². The van der Waals surface area contributed by atoms with Crippen molar-refractivity contribution in [3.63, 3.8) is 0 Å². The number of anilines is 1. The standard InChI is InChI=1S/C18H19BrClNO3S/c1-18(2,3)25(23,24)11-12-5-4-6-14(9-12)21-17(22)15-10-13(19)7-8-16(15)20/h4-10H,11H2,1-3H3,(H,21,22). The van der Waals surface area contributed by atoms with Crippen LogP contribution < -0.4 is 5.32 Å². The Bertz CT molecular complexity index is 905. The maximum atomic E-state index is 12.4. The molecule has 7 heteroatoms. The molecule has 0 aliphatic carbocycles. The van der Waals surface area contributed by atoms with Crippen LogP contribution in [0.15, 0.2) is 46.9 Å². The average molecular weight is 445 g/mol. The van der Waals surface area contributed by atoms with Crippen molar-refractivity contribution < 1.29 is 13.2 Å². The van der Waals surface area contributed by atoms with E-state index in [2.05, 4.69) is 21.2 Å². The van der Waals surface area contributed by atoms with E-state index >= 15 is 0 Å². The molecule has 134 valence electrons. The van der Waals surface area contributed by atoms with E-state index in [1.54, 1.807) is 63.2 Å². The monoisotopic (exact) mass is 443 g/mol. The summed E-state index contributed by atoms with van der Waals surface area (Å²) in [7, 11) is -3.30. The SMILES string of the molecule is CC(C)(C)S(=O)(=O)Cc1cccc(NC(=O)c2cc(Br)ccc2Cl)c1. The summed E-state index contributed by atoms with van der Waals surface area (Å²) in [5, 5.41) is 3.09. The Kier molecular flexibility index (Phi) is 5.97. The van der Waals surface area contributed by atoms with Gasteiger partial charge in [-0.05, 0) is 56.7 Å². The van der Waals surface area contributed by atoms with Crippen LogP contribution in [0.1, 0.15) is 36.7 Å². The Morgan fingerprint density at radius 2 is 1.84 bits per heavy atom. The molecule has 0 atom stereocenters. The lowest BCUT2D eigenvalue weighted by Gasteiger charge is -2.19. The van der Waals surface area contributed by atoms with Crippen LogP contribution in [0.25, 0.3) is 0 Å². The molecule has 25 heavy (non-hydrogen) atoms. The second-order valence-electron chi connectivity index (χ2n) is 6.65. The molecule has 1 amide bonds. The molecule has 0 aromatic heterocycles. The van der Waals surface area contributed by atoms with Crippen molar-refractivity contribution in [3.8, 4) is 0 Å². The van der Waals surface area contributed by atoms with Crippen LogP contribution in [0.4, 0.5) is 5.69 Å². The van der Waals surface area contributed by atoms with Crippen molar-refractivity contribution >= 4 is 49.0 Å². The van der Waals surface area contributed by atoms with Crippen LogP contribution in [0, 0.1) is 0 Å². The van der Waals surface area contributed by atoms with Crippen LogP contribution >= 0.6 is 27.5 Å². The topological polar surface area (TPSA) is 63.2 Å². The zero-order valence-corrected chi connectivity index (χ0v) is 17.3. The van der Waals surface area contributed by atoms with E-state index in [1.807, 2.05) is 0 Å². The summed E-state index contributed by atoms with van der Waals surface area (Å²) in [6.07, 6.45) is 0. The largest absolute Gasteiger partial charge is 0.322 e. The molecule has 0 saturated carbocycles. The number of rotatable bonds is 4. The van der Waals surface area contributed by atoms with Gasteiger partial charge >= 0.3 is 0 Å². The maximum absolute atomic E-state index is 12.4. The molecule has 0 radical (unpaired) electrons. The van der Waals surface area contributed by atoms with Gasteiger partial charge in [0.15, 0.2) is 9.84 Å². The number of halogens is 2. The van der Waals surface area contributed by atoms with Crippen molar-refractivity contribution in [2.24, 2.45) is 0 Å². The molecule has 0 unspecified atom stereocenters. The van der Waals surface area contributed by atoms with Gasteiger partial charge in [0.2, 0.25) is 0 Å². The summed E-state index contributed by atoms with van der Waals surface area (Å²) < 4.78 is 24.6. The molecule has 0 aliphatic rings. The molecule has 2 aromatic carbocycles. The predicted octanol–water partition coefficient (Wildman–Crippen LogP) is 5.07. The Morgan fingerprint density at radius 1 is 1.16 bits per heavy atom. The molecule has 0 heterocycles. The van der Waals surface area contributed by atoms with E-state index in [-0.39, 0.29) is 11.7 Å². The van der Waals surface area contributed by atoms with E-state index in [1.165, 1.54) is 0 Å². The molecule has 0 fully saturated rings. The van der Waals surface area contributed by atoms with E-state index in [0.29, 0.717) is 21.8 Å². The quantitative estimate of drug-likeness (QED) is 0.716. The zero-order valence-electron chi connectivity index (χ0n) is 14.1. The van der Waals surface area contributed by atoms with Gasteiger partial charge in [0, 0.05) is 10.2 Å². The lowest BCUT2D eigenvalue weighted by molar-refractivity contribution is 0.102. The summed E-state index contributed by atoms with van der Waals surface area (Å²) in [6, 6.07) is 11.8. The highest BCUT2D eigenvalue weighted by Gasteiger charge is 2.29. The van der Waals surface area contributed by atoms with Crippen molar-refractivity contribution in [1.29, 1.82) is 0 Å². The number of amides is 1. The van der Waals surface area contributed by atoms with E-state index in [0.717, 1.165) is 4.47 Å². The molecule has 0 aliphatic heterocycles. The molecule has 2 aromatic rings. The highest BCUT2D eigenvalue weighted by Crippen LogP contribution is 2.24. The first-order chi connectivity index (χ1) is 11.5. The number of benzene rings is 2. The van der Waals surface area contributed by atoms with Crippen molar-refractivity contribution in [2.75, 3.05) is 5.32 Å². The van der Waals surface area contributed by atoms with Gasteiger partial charge in [-0.15, -0.1) is 0 Å². The lowest BCUT2D eigenvalue weighted by Crippen LogP contribution is -2.29. The molecule has 4 nitrogen and oxygen atoms in total. The maximum Gasteiger partial charge on any atom is 0.257 e. The van der Waals surface area contributed by atoms with Gasteiger partial charge in [-0.3, -0.25) is 4.79 Å². The molecule has 0 bridgehead atoms. The minimum atomic E-state index is -3.30. The Morgan fingerprint density at radius 3 is 2.48 bits per heavy atom. The Hall–Kier alpha value is -1.37. The summed E-state index contributed by atoms with van der Waals surface area (Å²) in [4.78, 5) is 12.4. The second kappa shape index (κ2) is 7.48. The average Bonchev–Trinajstić information content (AvgIpc) is 2.48. The van der Waals surface area contributed by atoms with Crippen molar-refractivity contribution in [3.05, 3.63) is 63.1 Å². The fourth-order valence-electron chi connectivity index (χ4n) is 2.04. The smallest absolute Gasteiger partial charge is 0.257 e. The van der Waals surface area contributed by atoms with Crippen LogP contribution in [-0.4, -0.2) is 19.1 Å². The predicted molar refractivity (Wildman–Crippen MR) is 106 cm³/mol. The minimum absolute atomic E-state index is 0.0855. The normalized spacial score (nSPS) is 12.0. The summed E-state index contributed by atoms with van der Waals surface area (Å²) in [5.41, 5.74) is 1.47. The van der Waals surface area contributed by atoms with Gasteiger partial charge in [0.1, 0.15) is 0 Å². The molecular formula is C18H19BrClNO3S. The first-order valence-corrected chi connectivity index (χ1v) is 10.4. The Balaban J connectivity index is 2.22. The molecule has 0 spiro atoms. The highest BCUT2D eigenvalue weighted by atomic mass is 79.9. The lowest BCUT2D eigenvalue weighted by atomic mass is 10.2. The third-order valence-corrected chi connectivity index (χ3v) is 7.05. The third-order valence-electron chi connectivity index (χ3n) is 3.65. The molecule has 0 saturated heterocycles. The summed E-state index contributed by atoms with van der Waals surface area (Å²) in [6.45, 7) is 5.01. The van der Waals surface area contributed by atoms with E-state index < -0.39 is 14.6 Å². The summed E-state index contributed by atoms with van der Waals surface area (Å²) >= 11 is 9.37. The van der Waals surface area contributed by atoms with Crippen LogP contribution in [0.5, 0.6) is 0 Å². The number of carbonyl (C=O) groups is 1. The molecule has 2 rings (SSSR count). The van der Waals surface area contributed by atoms with Gasteiger partial charge in [-0.2, -0.15) is 0 Å². The summed E-state index contributed by atoms with van der Waals surface area (Å²) in [5.74, 6) is -0.445. The van der Waals surface area contributed by atoms with Gasteiger partial charge < -0.3 is 5.32 Å². The molecule has 1 N–H and O–H groups in total. The van der Waals surface area contributed by atoms with Crippen molar-refractivity contribution in [1.82, 2.24) is 0 Å². The number of sulfone groups is 1. The zero-order chi connectivity index (χ0) is 18.8. The first-order valence-electron chi connectivity index (χ1n) is 7.57. The number of carbonyl (C=O) groups excluding carboxylic acids is 1. The van der Waals surface area contributed by atoms with Gasteiger partial charge in [-0.1, -0.05) is 39.7 Å². The van der Waals surface area contributed by atoms with Crippen LogP contribution in [0.2, 0.25) is 5.02 Å². The number of hydrogen-bond acceptors (Lipinski definition) is 3. The fraction of sp³-hybridized carbons (Fsp3) is 0.278. The first kappa shape index (κ1) is 19.9. The van der Waals surface area contributed by atoms with E-state index in [9.17, 15) is 13.2 Å². The number of hydrogen-bond donors (Lipinski definition) is 1. The minimum Gasteiger partial charge on any atom is -0.322 e. The van der Waals surface area contributed by atoms with Gasteiger partial charge in [0.05, 0.1) is 21.1 Å². The number of nitrogens with one attached hydrogen (secondary N) is 1. The second-order valence-corrected chi connectivity index (χ2v) is 10.7. The third kappa shape index (κ3) is 5.06. The van der Waals surface area contributed by atoms with Gasteiger partial charge in [0.25, 0.3) is 5.91 Å². The Labute approximate surface area is 161 Å². The van der Waals surface area contributed by atoms with Crippen LogP contribution in [-0.2, 0) is 15.6 Å². The molecular weight excluding hydrogens is 426 g/mol. The highest BCUT2D eigenvalue weighted by molar-refractivity contribution is 9.10. The van der Waals surface area contributed by atoms with Gasteiger partial charge in [-0.25, -0.2) is 8.42 Å². The van der Waals surface area contributed by atoms with Crippen LogP contribution in [0.3, 0.4) is 0 Å².